The Morgan fingerprint density at radius 3 is 2.70 bits per heavy atom. The van der Waals surface area contributed by atoms with Gasteiger partial charge in [0.2, 0.25) is 5.95 Å². The number of nitrogens with one attached hydrogen (secondary N) is 2. The van der Waals surface area contributed by atoms with Crippen LogP contribution in [0.5, 0.6) is 0 Å². The molecule has 0 saturated carbocycles. The van der Waals surface area contributed by atoms with Crippen LogP contribution >= 0.6 is 0 Å². The van der Waals surface area contributed by atoms with Crippen molar-refractivity contribution in [1.29, 1.82) is 0 Å². The second kappa shape index (κ2) is 7.15. The molecule has 3 rings (SSSR count). The van der Waals surface area contributed by atoms with E-state index < -0.39 is 0 Å². The number of hydrogen-bond acceptors (Lipinski definition) is 6. The molecule has 2 aromatic rings. The SMILES string of the molecule is CNc1ncc(C(=O)NC2COCC2Cc2ccncc2)cn1. The summed E-state index contributed by atoms with van der Waals surface area (Å²) in [7, 11) is 1.73. The Hall–Kier alpha value is -2.54. The lowest BCUT2D eigenvalue weighted by molar-refractivity contribution is 0.0924. The van der Waals surface area contributed by atoms with Crippen LogP contribution in [-0.2, 0) is 11.2 Å². The van der Waals surface area contributed by atoms with Crippen molar-refractivity contribution in [3.8, 4) is 0 Å². The lowest BCUT2D eigenvalue weighted by atomic mass is 9.95. The van der Waals surface area contributed by atoms with E-state index in [1.54, 1.807) is 19.4 Å². The molecule has 0 spiro atoms. The molecule has 1 saturated heterocycles. The van der Waals surface area contributed by atoms with E-state index in [0.29, 0.717) is 24.7 Å². The van der Waals surface area contributed by atoms with E-state index in [0.717, 1.165) is 6.42 Å². The third kappa shape index (κ3) is 3.81. The minimum absolute atomic E-state index is 0.0142. The highest BCUT2D eigenvalue weighted by Crippen LogP contribution is 2.19. The summed E-state index contributed by atoms with van der Waals surface area (Å²) in [4.78, 5) is 24.5. The Morgan fingerprint density at radius 2 is 2.00 bits per heavy atom. The van der Waals surface area contributed by atoms with Crippen molar-refractivity contribution in [2.75, 3.05) is 25.6 Å². The van der Waals surface area contributed by atoms with Gasteiger partial charge < -0.3 is 15.4 Å². The molecule has 0 radical (unpaired) electrons. The van der Waals surface area contributed by atoms with Crippen LogP contribution in [0.1, 0.15) is 15.9 Å². The van der Waals surface area contributed by atoms with Crippen molar-refractivity contribution in [3.05, 3.63) is 48.0 Å². The molecule has 0 aromatic carbocycles. The molecule has 2 N–H and O–H groups in total. The van der Waals surface area contributed by atoms with Gasteiger partial charge in [-0.15, -0.1) is 0 Å². The third-order valence-electron chi connectivity index (χ3n) is 3.90. The molecule has 0 aliphatic carbocycles. The van der Waals surface area contributed by atoms with Gasteiger partial charge in [-0.1, -0.05) is 0 Å². The summed E-state index contributed by atoms with van der Waals surface area (Å²) in [6.45, 7) is 1.17. The van der Waals surface area contributed by atoms with Crippen LogP contribution in [-0.4, -0.2) is 47.2 Å². The Bertz CT molecular complexity index is 647. The molecule has 2 aromatic heterocycles. The molecule has 1 aliphatic heterocycles. The number of pyridine rings is 1. The van der Waals surface area contributed by atoms with E-state index in [-0.39, 0.29) is 17.9 Å². The smallest absolute Gasteiger partial charge is 0.254 e. The summed E-state index contributed by atoms with van der Waals surface area (Å²) in [5, 5.41) is 5.84. The number of anilines is 1. The zero-order valence-corrected chi connectivity index (χ0v) is 12.9. The van der Waals surface area contributed by atoms with Crippen LogP contribution in [0.25, 0.3) is 0 Å². The summed E-state index contributed by atoms with van der Waals surface area (Å²) in [6.07, 6.45) is 7.44. The number of carbonyl (C=O) groups is 1. The first kappa shape index (κ1) is 15.4. The van der Waals surface area contributed by atoms with E-state index in [1.165, 1.54) is 18.0 Å². The van der Waals surface area contributed by atoms with Crippen LogP contribution < -0.4 is 10.6 Å². The molecule has 120 valence electrons. The zero-order chi connectivity index (χ0) is 16.1. The van der Waals surface area contributed by atoms with Crippen LogP contribution in [0.3, 0.4) is 0 Å². The van der Waals surface area contributed by atoms with Crippen molar-refractivity contribution in [2.24, 2.45) is 5.92 Å². The van der Waals surface area contributed by atoms with E-state index in [9.17, 15) is 4.79 Å². The molecular weight excluding hydrogens is 294 g/mol. The summed E-state index contributed by atoms with van der Waals surface area (Å²) >= 11 is 0. The molecule has 2 atom stereocenters. The molecular formula is C16H19N5O2. The fourth-order valence-electron chi connectivity index (χ4n) is 2.61. The molecule has 0 bridgehead atoms. The van der Waals surface area contributed by atoms with Gasteiger partial charge >= 0.3 is 0 Å². The van der Waals surface area contributed by atoms with Gasteiger partial charge in [0.1, 0.15) is 0 Å². The average molecular weight is 313 g/mol. The van der Waals surface area contributed by atoms with Crippen LogP contribution in [0.4, 0.5) is 5.95 Å². The molecule has 2 unspecified atom stereocenters. The number of carbonyl (C=O) groups excluding carboxylic acids is 1. The molecule has 3 heterocycles. The maximum absolute atomic E-state index is 12.3. The zero-order valence-electron chi connectivity index (χ0n) is 12.9. The molecule has 7 heteroatoms. The Labute approximate surface area is 134 Å². The summed E-state index contributed by atoms with van der Waals surface area (Å²) in [5.41, 5.74) is 1.63. The fourth-order valence-corrected chi connectivity index (χ4v) is 2.61. The minimum atomic E-state index is -0.178. The number of nitrogens with zero attached hydrogens (tertiary/aromatic N) is 3. The van der Waals surface area contributed by atoms with Crippen molar-refractivity contribution in [3.63, 3.8) is 0 Å². The van der Waals surface area contributed by atoms with Crippen molar-refractivity contribution >= 4 is 11.9 Å². The highest BCUT2D eigenvalue weighted by molar-refractivity contribution is 5.93. The van der Waals surface area contributed by atoms with Gasteiger partial charge in [-0.2, -0.15) is 0 Å². The number of amides is 1. The molecule has 23 heavy (non-hydrogen) atoms. The van der Waals surface area contributed by atoms with Gasteiger partial charge in [-0.25, -0.2) is 9.97 Å². The van der Waals surface area contributed by atoms with Crippen LogP contribution in [0.2, 0.25) is 0 Å². The number of ether oxygens (including phenoxy) is 1. The average Bonchev–Trinajstić information content (AvgIpc) is 3.02. The number of hydrogen-bond donors (Lipinski definition) is 2. The normalized spacial score (nSPS) is 20.2. The van der Waals surface area contributed by atoms with Crippen molar-refractivity contribution in [1.82, 2.24) is 20.3 Å². The second-order valence-corrected chi connectivity index (χ2v) is 5.48. The van der Waals surface area contributed by atoms with Crippen LogP contribution in [0.15, 0.2) is 36.9 Å². The quantitative estimate of drug-likeness (QED) is 0.852. The second-order valence-electron chi connectivity index (χ2n) is 5.48. The molecule has 7 nitrogen and oxygen atoms in total. The van der Waals surface area contributed by atoms with Gasteiger partial charge in [0.15, 0.2) is 0 Å². The highest BCUT2D eigenvalue weighted by Gasteiger charge is 2.30. The summed E-state index contributed by atoms with van der Waals surface area (Å²) in [5.74, 6) is 0.558. The van der Waals surface area contributed by atoms with Crippen molar-refractivity contribution < 1.29 is 9.53 Å². The Morgan fingerprint density at radius 1 is 1.26 bits per heavy atom. The van der Waals surface area contributed by atoms with Gasteiger partial charge in [-0.05, 0) is 24.1 Å². The standard InChI is InChI=1S/C16H19N5O2/c1-17-16-19-7-13(8-20-16)15(22)21-14-10-23-9-12(14)6-11-2-4-18-5-3-11/h2-5,7-8,12,14H,6,9-10H2,1H3,(H,21,22)(H,17,19,20). The molecule has 1 aliphatic rings. The summed E-state index contributed by atoms with van der Waals surface area (Å²) < 4.78 is 5.54. The third-order valence-corrected chi connectivity index (χ3v) is 3.90. The Kier molecular flexibility index (Phi) is 4.77. The Balaban J connectivity index is 1.62. The number of rotatable bonds is 5. The van der Waals surface area contributed by atoms with Crippen molar-refractivity contribution in [2.45, 2.75) is 12.5 Å². The van der Waals surface area contributed by atoms with E-state index in [2.05, 4.69) is 25.6 Å². The minimum Gasteiger partial charge on any atom is -0.379 e. The lowest BCUT2D eigenvalue weighted by Gasteiger charge is -2.19. The fraction of sp³-hybridized carbons (Fsp3) is 0.375. The monoisotopic (exact) mass is 313 g/mol. The predicted octanol–water partition coefficient (Wildman–Crippen LogP) is 0.901. The highest BCUT2D eigenvalue weighted by atomic mass is 16.5. The first-order valence-electron chi connectivity index (χ1n) is 7.53. The van der Waals surface area contributed by atoms with Gasteiger partial charge in [0, 0.05) is 37.8 Å². The van der Waals surface area contributed by atoms with Gasteiger partial charge in [-0.3, -0.25) is 9.78 Å². The van der Waals surface area contributed by atoms with Gasteiger partial charge in [0.25, 0.3) is 5.91 Å². The van der Waals surface area contributed by atoms with E-state index in [4.69, 9.17) is 4.74 Å². The summed E-state index contributed by atoms with van der Waals surface area (Å²) in [6, 6.07) is 3.96. The predicted molar refractivity (Wildman–Crippen MR) is 85.1 cm³/mol. The number of aromatic nitrogens is 3. The van der Waals surface area contributed by atoms with Crippen LogP contribution in [0, 0.1) is 5.92 Å². The lowest BCUT2D eigenvalue weighted by Crippen LogP contribution is -2.40. The van der Waals surface area contributed by atoms with E-state index >= 15 is 0 Å². The largest absolute Gasteiger partial charge is 0.379 e. The van der Waals surface area contributed by atoms with E-state index in [1.807, 2.05) is 12.1 Å². The first-order valence-corrected chi connectivity index (χ1v) is 7.53. The van der Waals surface area contributed by atoms with Gasteiger partial charge in [0.05, 0.1) is 24.8 Å². The molecule has 1 amide bonds. The topological polar surface area (TPSA) is 89.0 Å². The first-order chi connectivity index (χ1) is 11.3. The molecule has 1 fully saturated rings. The maximum Gasteiger partial charge on any atom is 0.254 e. The maximum atomic E-state index is 12.3.